The largest absolute Gasteiger partial charge is 0.481 e. The summed E-state index contributed by atoms with van der Waals surface area (Å²) in [4.78, 5) is 39.4. The van der Waals surface area contributed by atoms with Gasteiger partial charge in [0.25, 0.3) is 5.91 Å². The molecular formula is C18H20F2N2O5. The zero-order valence-electron chi connectivity index (χ0n) is 14.7. The fraction of sp³-hybridized carbons (Fsp3) is 0.500. The summed E-state index contributed by atoms with van der Waals surface area (Å²) in [5.41, 5.74) is -0.794. The number of benzene rings is 1. The van der Waals surface area contributed by atoms with Crippen molar-refractivity contribution in [3.8, 4) is 5.75 Å². The first-order chi connectivity index (χ1) is 12.8. The molecule has 0 aliphatic carbocycles. The highest BCUT2D eigenvalue weighted by Crippen LogP contribution is 2.43. The van der Waals surface area contributed by atoms with Crippen LogP contribution >= 0.6 is 0 Å². The van der Waals surface area contributed by atoms with Crippen molar-refractivity contribution in [3.05, 3.63) is 29.8 Å². The normalized spacial score (nSPS) is 21.8. The number of carbonyl (C=O) groups is 3. The van der Waals surface area contributed by atoms with Crippen LogP contribution in [0.15, 0.2) is 24.3 Å². The van der Waals surface area contributed by atoms with E-state index in [1.165, 1.54) is 28.0 Å². The first-order valence-corrected chi connectivity index (χ1v) is 8.59. The lowest BCUT2D eigenvalue weighted by Crippen LogP contribution is -2.57. The first kappa shape index (κ1) is 19.1. The predicted molar refractivity (Wildman–Crippen MR) is 89.5 cm³/mol. The average Bonchev–Trinajstić information content (AvgIpc) is 2.87. The number of alkyl halides is 2. The molecule has 0 bridgehead atoms. The molecule has 1 aromatic carbocycles. The molecule has 146 valence electrons. The van der Waals surface area contributed by atoms with Crippen LogP contribution in [0.4, 0.5) is 8.78 Å². The Morgan fingerprint density at radius 1 is 1.26 bits per heavy atom. The topological polar surface area (TPSA) is 87.2 Å². The lowest BCUT2D eigenvalue weighted by atomic mass is 9.77. The minimum absolute atomic E-state index is 0.0272. The number of carboxylic acid groups (broad SMARTS) is 1. The molecule has 0 aromatic heterocycles. The van der Waals surface area contributed by atoms with E-state index in [9.17, 15) is 28.3 Å². The molecule has 2 aliphatic rings. The third-order valence-electron chi connectivity index (χ3n) is 5.62. The summed E-state index contributed by atoms with van der Waals surface area (Å²) in [6, 6.07) is 5.77. The Bertz CT molecular complexity index is 762. The Balaban J connectivity index is 1.77. The number of carbonyl (C=O) groups excluding carboxylic acids is 2. The third kappa shape index (κ3) is 3.33. The quantitative estimate of drug-likeness (QED) is 0.859. The Kier molecular flexibility index (Phi) is 5.03. The molecule has 2 aliphatic heterocycles. The second-order valence-corrected chi connectivity index (χ2v) is 6.82. The number of halogens is 2. The Labute approximate surface area is 154 Å². The van der Waals surface area contributed by atoms with Crippen molar-refractivity contribution in [2.45, 2.75) is 31.4 Å². The van der Waals surface area contributed by atoms with Gasteiger partial charge in [0, 0.05) is 26.6 Å². The molecule has 0 unspecified atom stereocenters. The molecule has 1 spiro atoms. The summed E-state index contributed by atoms with van der Waals surface area (Å²) in [7, 11) is 1.59. The smallest absolute Gasteiger partial charge is 0.387 e. The second kappa shape index (κ2) is 7.13. The number of ether oxygens (including phenoxy) is 1. The van der Waals surface area contributed by atoms with Gasteiger partial charge >= 0.3 is 12.6 Å². The van der Waals surface area contributed by atoms with Crippen molar-refractivity contribution in [2.75, 3.05) is 20.1 Å². The lowest BCUT2D eigenvalue weighted by Gasteiger charge is -2.45. The van der Waals surface area contributed by atoms with Crippen molar-refractivity contribution in [3.63, 3.8) is 0 Å². The maximum Gasteiger partial charge on any atom is 0.387 e. The maximum absolute atomic E-state index is 12.8. The Morgan fingerprint density at radius 2 is 1.89 bits per heavy atom. The highest BCUT2D eigenvalue weighted by atomic mass is 19.3. The second-order valence-electron chi connectivity index (χ2n) is 6.82. The van der Waals surface area contributed by atoms with Gasteiger partial charge in [-0.15, -0.1) is 0 Å². The van der Waals surface area contributed by atoms with Gasteiger partial charge in [-0.25, -0.2) is 0 Å². The van der Waals surface area contributed by atoms with E-state index in [-0.39, 0.29) is 36.7 Å². The van der Waals surface area contributed by atoms with Gasteiger partial charge in [-0.2, -0.15) is 8.78 Å². The van der Waals surface area contributed by atoms with Gasteiger partial charge in [-0.1, -0.05) is 12.1 Å². The van der Waals surface area contributed by atoms with Gasteiger partial charge in [0.15, 0.2) is 0 Å². The molecule has 2 saturated heterocycles. The van der Waals surface area contributed by atoms with Crippen molar-refractivity contribution >= 4 is 17.8 Å². The standard InChI is InChI=1S/C18H20F2N2O5/c1-21-14(23)10-12(16(25)26)18(21)6-8-22(9-7-18)15(24)11-4-2-3-5-13(11)27-17(19)20/h2-5,12,17H,6-10H2,1H3,(H,25,26)/t12-/m0/s1. The van der Waals surface area contributed by atoms with Crippen molar-refractivity contribution in [2.24, 2.45) is 5.92 Å². The zero-order valence-corrected chi connectivity index (χ0v) is 14.7. The summed E-state index contributed by atoms with van der Waals surface area (Å²) in [5.74, 6) is -2.72. The fourth-order valence-electron chi connectivity index (χ4n) is 4.09. The van der Waals surface area contributed by atoms with E-state index in [0.717, 1.165) is 0 Å². The molecule has 1 atom stereocenters. The van der Waals surface area contributed by atoms with Crippen LogP contribution in [0.3, 0.4) is 0 Å². The van der Waals surface area contributed by atoms with Gasteiger partial charge in [-0.05, 0) is 25.0 Å². The van der Waals surface area contributed by atoms with Crippen LogP contribution in [-0.4, -0.2) is 65.0 Å². The van der Waals surface area contributed by atoms with Crippen molar-refractivity contribution in [1.29, 1.82) is 0 Å². The van der Waals surface area contributed by atoms with Crippen LogP contribution in [0.2, 0.25) is 0 Å². The summed E-state index contributed by atoms with van der Waals surface area (Å²) < 4.78 is 29.5. The van der Waals surface area contributed by atoms with E-state index in [1.54, 1.807) is 13.1 Å². The molecule has 0 saturated carbocycles. The van der Waals surface area contributed by atoms with E-state index in [0.29, 0.717) is 12.8 Å². The Morgan fingerprint density at radius 3 is 2.48 bits per heavy atom. The van der Waals surface area contributed by atoms with E-state index < -0.39 is 29.9 Å². The zero-order chi connectivity index (χ0) is 19.8. The van der Waals surface area contributed by atoms with Crippen LogP contribution in [0.25, 0.3) is 0 Å². The van der Waals surface area contributed by atoms with Crippen molar-refractivity contribution in [1.82, 2.24) is 9.80 Å². The van der Waals surface area contributed by atoms with Crippen LogP contribution in [0.5, 0.6) is 5.75 Å². The number of nitrogens with zero attached hydrogens (tertiary/aromatic N) is 2. The maximum atomic E-state index is 12.8. The summed E-state index contributed by atoms with van der Waals surface area (Å²) >= 11 is 0. The third-order valence-corrected chi connectivity index (χ3v) is 5.62. The predicted octanol–water partition coefficient (Wildman–Crippen LogP) is 1.83. The molecule has 3 rings (SSSR count). The minimum Gasteiger partial charge on any atom is -0.481 e. The number of amides is 2. The van der Waals surface area contributed by atoms with Gasteiger partial charge in [0.2, 0.25) is 5.91 Å². The summed E-state index contributed by atoms with van der Waals surface area (Å²) in [6.07, 6.45) is 0.580. The minimum atomic E-state index is -3.04. The molecule has 1 aromatic rings. The van der Waals surface area contributed by atoms with Gasteiger partial charge in [-0.3, -0.25) is 14.4 Å². The molecule has 2 amide bonds. The number of hydrogen-bond acceptors (Lipinski definition) is 4. The average molecular weight is 382 g/mol. The number of aliphatic carboxylic acids is 1. The number of para-hydroxylation sites is 1. The first-order valence-electron chi connectivity index (χ1n) is 8.59. The highest BCUT2D eigenvalue weighted by Gasteiger charge is 2.55. The fourth-order valence-corrected chi connectivity index (χ4v) is 4.09. The van der Waals surface area contributed by atoms with Gasteiger partial charge in [0.05, 0.1) is 17.0 Å². The lowest BCUT2D eigenvalue weighted by molar-refractivity contribution is -0.145. The molecule has 27 heavy (non-hydrogen) atoms. The van der Waals surface area contributed by atoms with Crippen molar-refractivity contribution < 1.29 is 33.0 Å². The van der Waals surface area contributed by atoms with E-state index in [1.807, 2.05) is 0 Å². The van der Waals surface area contributed by atoms with E-state index in [4.69, 9.17) is 0 Å². The monoisotopic (exact) mass is 382 g/mol. The Hall–Kier alpha value is -2.71. The molecule has 1 N–H and O–H groups in total. The van der Waals surface area contributed by atoms with Gasteiger partial charge in [0.1, 0.15) is 5.75 Å². The molecule has 0 radical (unpaired) electrons. The SMILES string of the molecule is CN1C(=O)C[C@@H](C(=O)O)C12CCN(C(=O)c1ccccc1OC(F)F)CC2. The van der Waals surface area contributed by atoms with Gasteiger partial charge < -0.3 is 19.6 Å². The summed E-state index contributed by atoms with van der Waals surface area (Å²) in [6.45, 7) is -2.59. The summed E-state index contributed by atoms with van der Waals surface area (Å²) in [5, 5.41) is 9.49. The number of carboxylic acids is 1. The van der Waals surface area contributed by atoms with Crippen LogP contribution in [-0.2, 0) is 9.59 Å². The number of likely N-dealkylation sites (tertiary alicyclic amines) is 2. The van der Waals surface area contributed by atoms with Crippen LogP contribution in [0.1, 0.15) is 29.6 Å². The number of rotatable bonds is 4. The molecular weight excluding hydrogens is 362 g/mol. The number of hydrogen-bond donors (Lipinski definition) is 1. The highest BCUT2D eigenvalue weighted by molar-refractivity contribution is 5.97. The van der Waals surface area contributed by atoms with E-state index >= 15 is 0 Å². The van der Waals surface area contributed by atoms with Crippen LogP contribution in [0, 0.1) is 5.92 Å². The number of piperidine rings is 1. The molecule has 9 heteroatoms. The molecule has 2 heterocycles. The molecule has 2 fully saturated rings. The van der Waals surface area contributed by atoms with Crippen LogP contribution < -0.4 is 4.74 Å². The molecule has 7 nitrogen and oxygen atoms in total. The van der Waals surface area contributed by atoms with E-state index in [2.05, 4.69) is 4.74 Å².